The minimum atomic E-state index is 0.723. The molecule has 0 bridgehead atoms. The van der Waals surface area contributed by atoms with Gasteiger partial charge < -0.3 is 4.74 Å². The zero-order valence-corrected chi connectivity index (χ0v) is 12.0. The molecule has 1 aromatic carbocycles. The van der Waals surface area contributed by atoms with E-state index < -0.39 is 0 Å². The van der Waals surface area contributed by atoms with Gasteiger partial charge in [0.15, 0.2) is 0 Å². The highest BCUT2D eigenvalue weighted by molar-refractivity contribution is 5.75. The molecular formula is C16H22N2O2. The van der Waals surface area contributed by atoms with E-state index in [1.165, 1.54) is 25.9 Å². The largest absolute Gasteiger partial charge is 0.496 e. The zero-order valence-electron chi connectivity index (χ0n) is 12.0. The highest BCUT2D eigenvalue weighted by Crippen LogP contribution is 2.25. The van der Waals surface area contributed by atoms with Crippen LogP contribution in [0.2, 0.25) is 0 Å². The second-order valence-corrected chi connectivity index (χ2v) is 5.76. The van der Waals surface area contributed by atoms with Gasteiger partial charge in [-0.05, 0) is 37.6 Å². The van der Waals surface area contributed by atoms with Crippen LogP contribution in [0, 0.1) is 0 Å². The van der Waals surface area contributed by atoms with Crippen LogP contribution in [0.5, 0.6) is 5.75 Å². The SMILES string of the molecule is COc1ccc(C=O)cc1CN1CCN2CCCC2C1. The van der Waals surface area contributed by atoms with Gasteiger partial charge in [0.05, 0.1) is 7.11 Å². The van der Waals surface area contributed by atoms with Crippen molar-refractivity contribution in [2.45, 2.75) is 25.4 Å². The van der Waals surface area contributed by atoms with Crippen LogP contribution in [0.15, 0.2) is 18.2 Å². The Balaban J connectivity index is 1.72. The molecule has 0 aromatic heterocycles. The molecule has 1 atom stereocenters. The van der Waals surface area contributed by atoms with Crippen LogP contribution in [0.25, 0.3) is 0 Å². The lowest BCUT2D eigenvalue weighted by atomic mass is 10.1. The number of carbonyl (C=O) groups excluding carboxylic acids is 1. The molecule has 0 spiro atoms. The average molecular weight is 274 g/mol. The van der Waals surface area contributed by atoms with E-state index in [4.69, 9.17) is 4.74 Å². The highest BCUT2D eigenvalue weighted by Gasteiger charge is 2.30. The van der Waals surface area contributed by atoms with Crippen molar-refractivity contribution in [3.8, 4) is 5.75 Å². The molecule has 1 aromatic rings. The smallest absolute Gasteiger partial charge is 0.150 e. The summed E-state index contributed by atoms with van der Waals surface area (Å²) in [6.07, 6.45) is 3.56. The number of piperazine rings is 1. The lowest BCUT2D eigenvalue weighted by Crippen LogP contribution is -2.49. The third kappa shape index (κ3) is 2.72. The molecular weight excluding hydrogens is 252 g/mol. The molecule has 4 heteroatoms. The molecule has 4 nitrogen and oxygen atoms in total. The van der Waals surface area contributed by atoms with Gasteiger partial charge in [0.1, 0.15) is 12.0 Å². The summed E-state index contributed by atoms with van der Waals surface area (Å²) in [5, 5.41) is 0. The predicted octanol–water partition coefficient (Wildman–Crippen LogP) is 1.79. The fraction of sp³-hybridized carbons (Fsp3) is 0.562. The summed E-state index contributed by atoms with van der Waals surface area (Å²) in [6.45, 7) is 5.54. The van der Waals surface area contributed by atoms with Gasteiger partial charge in [-0.3, -0.25) is 14.6 Å². The van der Waals surface area contributed by atoms with Crippen molar-refractivity contribution >= 4 is 6.29 Å². The van der Waals surface area contributed by atoms with Crippen molar-refractivity contribution in [1.29, 1.82) is 0 Å². The molecule has 2 aliphatic rings. The van der Waals surface area contributed by atoms with Gasteiger partial charge in [-0.1, -0.05) is 0 Å². The Morgan fingerprint density at radius 2 is 2.25 bits per heavy atom. The molecule has 2 heterocycles. The molecule has 0 radical (unpaired) electrons. The maximum absolute atomic E-state index is 10.9. The second-order valence-electron chi connectivity index (χ2n) is 5.76. The first kappa shape index (κ1) is 13.6. The quantitative estimate of drug-likeness (QED) is 0.784. The summed E-state index contributed by atoms with van der Waals surface area (Å²) in [5.41, 5.74) is 1.84. The maximum atomic E-state index is 10.9. The van der Waals surface area contributed by atoms with Crippen molar-refractivity contribution in [2.75, 3.05) is 33.3 Å². The molecule has 3 rings (SSSR count). The minimum Gasteiger partial charge on any atom is -0.496 e. The first-order valence-electron chi connectivity index (χ1n) is 7.38. The Labute approximate surface area is 120 Å². The number of nitrogens with zero attached hydrogens (tertiary/aromatic N) is 2. The summed E-state index contributed by atoms with van der Waals surface area (Å²) in [6, 6.07) is 6.38. The van der Waals surface area contributed by atoms with Gasteiger partial charge >= 0.3 is 0 Å². The Hall–Kier alpha value is -1.39. The number of hydrogen-bond acceptors (Lipinski definition) is 4. The summed E-state index contributed by atoms with van der Waals surface area (Å²) < 4.78 is 5.42. The van der Waals surface area contributed by atoms with E-state index in [0.29, 0.717) is 0 Å². The predicted molar refractivity (Wildman–Crippen MR) is 78.3 cm³/mol. The number of carbonyl (C=O) groups is 1. The minimum absolute atomic E-state index is 0.723. The van der Waals surface area contributed by atoms with E-state index in [2.05, 4.69) is 9.80 Å². The number of methoxy groups -OCH3 is 1. The Kier molecular flexibility index (Phi) is 4.03. The number of ether oxygens (including phenoxy) is 1. The zero-order chi connectivity index (χ0) is 13.9. The van der Waals surface area contributed by atoms with Gasteiger partial charge in [-0.25, -0.2) is 0 Å². The van der Waals surface area contributed by atoms with Crippen LogP contribution in [-0.2, 0) is 6.54 Å². The number of rotatable bonds is 4. The Morgan fingerprint density at radius 3 is 3.05 bits per heavy atom. The van der Waals surface area contributed by atoms with Gasteiger partial charge in [0.25, 0.3) is 0 Å². The van der Waals surface area contributed by atoms with Crippen LogP contribution in [0.3, 0.4) is 0 Å². The van der Waals surface area contributed by atoms with Crippen LogP contribution in [0.4, 0.5) is 0 Å². The molecule has 0 saturated carbocycles. The normalized spacial score (nSPS) is 23.6. The molecule has 0 aliphatic carbocycles. The summed E-state index contributed by atoms with van der Waals surface area (Å²) in [4.78, 5) is 16.0. The first-order chi connectivity index (χ1) is 9.80. The monoisotopic (exact) mass is 274 g/mol. The molecule has 1 unspecified atom stereocenters. The van der Waals surface area contributed by atoms with E-state index >= 15 is 0 Å². The average Bonchev–Trinajstić information content (AvgIpc) is 2.94. The van der Waals surface area contributed by atoms with Crippen molar-refractivity contribution in [3.05, 3.63) is 29.3 Å². The van der Waals surface area contributed by atoms with Crippen molar-refractivity contribution in [3.63, 3.8) is 0 Å². The van der Waals surface area contributed by atoms with Gasteiger partial charge in [0.2, 0.25) is 0 Å². The van der Waals surface area contributed by atoms with Crippen LogP contribution in [0.1, 0.15) is 28.8 Å². The third-order valence-corrected chi connectivity index (χ3v) is 4.51. The summed E-state index contributed by atoms with van der Waals surface area (Å²) in [5.74, 6) is 0.879. The molecule has 108 valence electrons. The van der Waals surface area contributed by atoms with Crippen LogP contribution >= 0.6 is 0 Å². The fourth-order valence-corrected chi connectivity index (χ4v) is 3.44. The molecule has 20 heavy (non-hydrogen) atoms. The van der Waals surface area contributed by atoms with E-state index in [-0.39, 0.29) is 0 Å². The molecule has 2 aliphatic heterocycles. The summed E-state index contributed by atoms with van der Waals surface area (Å²) in [7, 11) is 1.69. The van der Waals surface area contributed by atoms with Crippen molar-refractivity contribution < 1.29 is 9.53 Å². The standard InChI is InChI=1S/C16H22N2O2/c1-20-16-5-4-13(12-19)9-14(16)10-17-7-8-18-6-2-3-15(18)11-17/h4-5,9,12,15H,2-3,6-8,10-11H2,1H3. The van der Waals surface area contributed by atoms with E-state index in [0.717, 1.165) is 48.8 Å². The van der Waals surface area contributed by atoms with E-state index in [9.17, 15) is 4.79 Å². The highest BCUT2D eigenvalue weighted by atomic mass is 16.5. The first-order valence-corrected chi connectivity index (χ1v) is 7.38. The summed E-state index contributed by atoms with van der Waals surface area (Å²) >= 11 is 0. The second kappa shape index (κ2) is 5.94. The Morgan fingerprint density at radius 1 is 1.35 bits per heavy atom. The molecule has 0 amide bonds. The lowest BCUT2D eigenvalue weighted by molar-refractivity contribution is 0.0986. The van der Waals surface area contributed by atoms with Crippen molar-refractivity contribution in [2.24, 2.45) is 0 Å². The van der Waals surface area contributed by atoms with E-state index in [1.54, 1.807) is 7.11 Å². The van der Waals surface area contributed by atoms with E-state index in [1.807, 2.05) is 18.2 Å². The Bertz CT molecular complexity index is 489. The van der Waals surface area contributed by atoms with Crippen molar-refractivity contribution in [1.82, 2.24) is 9.80 Å². The van der Waals surface area contributed by atoms with Crippen LogP contribution in [-0.4, -0.2) is 55.4 Å². The maximum Gasteiger partial charge on any atom is 0.150 e. The molecule has 2 fully saturated rings. The third-order valence-electron chi connectivity index (χ3n) is 4.51. The fourth-order valence-electron chi connectivity index (χ4n) is 3.44. The van der Waals surface area contributed by atoms with Gasteiger partial charge in [0, 0.05) is 43.3 Å². The number of fused-ring (bicyclic) bond motifs is 1. The van der Waals surface area contributed by atoms with Crippen LogP contribution < -0.4 is 4.74 Å². The number of benzene rings is 1. The number of aldehydes is 1. The topological polar surface area (TPSA) is 32.8 Å². The molecule has 0 N–H and O–H groups in total. The number of hydrogen-bond donors (Lipinski definition) is 0. The van der Waals surface area contributed by atoms with Gasteiger partial charge in [-0.2, -0.15) is 0 Å². The molecule has 2 saturated heterocycles. The van der Waals surface area contributed by atoms with Gasteiger partial charge in [-0.15, -0.1) is 0 Å². The lowest BCUT2D eigenvalue weighted by Gasteiger charge is -2.37.